The van der Waals surface area contributed by atoms with Crippen LogP contribution in [0.15, 0.2) is 24.4 Å². The number of aryl methyl sites for hydroxylation is 1. The van der Waals surface area contributed by atoms with Crippen molar-refractivity contribution in [2.24, 2.45) is 0 Å². The van der Waals surface area contributed by atoms with Crippen LogP contribution in [0.1, 0.15) is 48.4 Å². The minimum absolute atomic E-state index is 0.00412. The number of fused-ring (bicyclic) bond motifs is 1. The van der Waals surface area contributed by atoms with Crippen LogP contribution in [0.5, 0.6) is 5.75 Å². The molecule has 2 bridgehead atoms. The third kappa shape index (κ3) is 3.33. The first kappa shape index (κ1) is 19.4. The summed E-state index contributed by atoms with van der Waals surface area (Å²) >= 11 is 5.63. The fourth-order valence-electron chi connectivity index (χ4n) is 5.00. The Bertz CT molecular complexity index is 1020. The number of aromatic nitrogens is 2. The van der Waals surface area contributed by atoms with Gasteiger partial charge in [-0.15, -0.1) is 0 Å². The molecule has 0 saturated heterocycles. The van der Waals surface area contributed by atoms with Gasteiger partial charge in [0.25, 0.3) is 11.8 Å². The van der Waals surface area contributed by atoms with Gasteiger partial charge >= 0.3 is 0 Å². The minimum atomic E-state index is -0.592. The Hall–Kier alpha value is -2.61. The van der Waals surface area contributed by atoms with E-state index in [9.17, 15) is 14.0 Å². The molecule has 2 N–H and O–H groups in total. The van der Waals surface area contributed by atoms with Gasteiger partial charge in [-0.1, -0.05) is 11.6 Å². The molecule has 1 aliphatic heterocycles. The summed E-state index contributed by atoms with van der Waals surface area (Å²) in [6.45, 7) is 0.632. The average molecular weight is 433 g/mol. The lowest BCUT2D eigenvalue weighted by molar-refractivity contribution is -0.141. The number of carbonyl (C=O) groups is 2. The van der Waals surface area contributed by atoms with Gasteiger partial charge in [-0.2, -0.15) is 0 Å². The lowest BCUT2D eigenvalue weighted by Crippen LogP contribution is -2.84. The van der Waals surface area contributed by atoms with E-state index in [4.69, 9.17) is 16.3 Å². The Kier molecular flexibility index (Phi) is 4.50. The predicted molar refractivity (Wildman–Crippen MR) is 107 cm³/mol. The maximum atomic E-state index is 13.4. The van der Waals surface area contributed by atoms with Crippen molar-refractivity contribution in [3.8, 4) is 5.75 Å². The smallest absolute Gasteiger partial charge is 0.269 e. The van der Waals surface area contributed by atoms with Crippen molar-refractivity contribution in [2.75, 3.05) is 6.61 Å². The predicted octanol–water partition coefficient (Wildman–Crippen LogP) is 2.61. The van der Waals surface area contributed by atoms with Gasteiger partial charge in [-0.3, -0.25) is 9.59 Å². The molecule has 3 aliphatic carbocycles. The molecule has 7 nitrogen and oxygen atoms in total. The van der Waals surface area contributed by atoms with Crippen molar-refractivity contribution in [1.82, 2.24) is 20.2 Å². The molecule has 30 heavy (non-hydrogen) atoms. The highest BCUT2D eigenvalue weighted by Gasteiger charge is 2.69. The van der Waals surface area contributed by atoms with Crippen LogP contribution < -0.4 is 15.4 Å². The van der Waals surface area contributed by atoms with E-state index in [1.807, 2.05) is 4.57 Å². The van der Waals surface area contributed by atoms with Gasteiger partial charge in [0.1, 0.15) is 23.1 Å². The summed E-state index contributed by atoms with van der Waals surface area (Å²) in [6.07, 6.45) is 6.86. The van der Waals surface area contributed by atoms with E-state index in [0.717, 1.165) is 37.7 Å². The topological polar surface area (TPSA) is 85.2 Å². The zero-order chi connectivity index (χ0) is 20.9. The molecule has 4 aliphatic rings. The second-order valence-electron chi connectivity index (χ2n) is 8.63. The first-order chi connectivity index (χ1) is 14.4. The number of carbonyl (C=O) groups excluding carboxylic acids is 2. The number of hydrogen-bond donors (Lipinski definition) is 2. The van der Waals surface area contributed by atoms with Crippen LogP contribution >= 0.6 is 11.6 Å². The van der Waals surface area contributed by atoms with Crippen molar-refractivity contribution >= 4 is 23.4 Å². The molecule has 9 heteroatoms. The van der Waals surface area contributed by atoms with Crippen LogP contribution in [0.3, 0.4) is 0 Å². The van der Waals surface area contributed by atoms with E-state index in [2.05, 4.69) is 15.6 Å². The van der Waals surface area contributed by atoms with Crippen LogP contribution in [-0.2, 0) is 17.8 Å². The summed E-state index contributed by atoms with van der Waals surface area (Å²) in [5, 5.41) is 6.13. The van der Waals surface area contributed by atoms with Crippen molar-refractivity contribution in [2.45, 2.75) is 56.1 Å². The Morgan fingerprint density at radius 1 is 1.20 bits per heavy atom. The van der Waals surface area contributed by atoms with Crippen LogP contribution in [0.2, 0.25) is 5.02 Å². The molecule has 0 radical (unpaired) electrons. The standard InChI is InChI=1S/C21H22ClFN4O3/c22-14-5-4-13(7-15(14)23)30-9-18(28)25-20-10-21(11-20,12-20)26-19(29)16-8-24-17-3-1-2-6-27(16)17/h4-5,7-8H,1-3,6,9-12H2,(H,25,28)(H,26,29). The lowest BCUT2D eigenvalue weighted by atomic mass is 9.44. The maximum absolute atomic E-state index is 13.4. The molecule has 2 heterocycles. The van der Waals surface area contributed by atoms with Crippen molar-refractivity contribution in [3.63, 3.8) is 0 Å². The molecule has 0 atom stereocenters. The Morgan fingerprint density at radius 3 is 2.73 bits per heavy atom. The van der Waals surface area contributed by atoms with Crippen molar-refractivity contribution in [3.05, 3.63) is 46.8 Å². The number of nitrogens with one attached hydrogen (secondary N) is 2. The highest BCUT2D eigenvalue weighted by molar-refractivity contribution is 6.30. The largest absolute Gasteiger partial charge is 0.484 e. The van der Waals surface area contributed by atoms with Gasteiger partial charge in [-0.25, -0.2) is 9.37 Å². The molecular formula is C21H22ClFN4O3. The van der Waals surface area contributed by atoms with E-state index in [0.29, 0.717) is 25.0 Å². The number of rotatable bonds is 6. The second-order valence-corrected chi connectivity index (χ2v) is 9.03. The van der Waals surface area contributed by atoms with E-state index >= 15 is 0 Å². The molecule has 3 saturated carbocycles. The fourth-order valence-corrected chi connectivity index (χ4v) is 5.12. The van der Waals surface area contributed by atoms with Crippen LogP contribution in [0.25, 0.3) is 0 Å². The average Bonchev–Trinajstić information content (AvgIpc) is 3.10. The number of amides is 2. The van der Waals surface area contributed by atoms with Gasteiger partial charge in [0, 0.05) is 30.1 Å². The summed E-state index contributed by atoms with van der Waals surface area (Å²) in [7, 11) is 0. The monoisotopic (exact) mass is 432 g/mol. The van der Waals surface area contributed by atoms with Crippen LogP contribution in [-0.4, -0.2) is 39.1 Å². The summed E-state index contributed by atoms with van der Waals surface area (Å²) < 4.78 is 20.8. The number of benzene rings is 1. The van der Waals surface area contributed by atoms with Gasteiger partial charge in [0.15, 0.2) is 6.61 Å². The second kappa shape index (κ2) is 6.97. The molecule has 158 valence electrons. The summed E-state index contributed by atoms with van der Waals surface area (Å²) in [5.41, 5.74) is 0.0933. The lowest BCUT2D eigenvalue weighted by Gasteiger charge is -2.70. The quantitative estimate of drug-likeness (QED) is 0.734. The highest BCUT2D eigenvalue weighted by atomic mass is 35.5. The molecule has 0 unspecified atom stereocenters. The van der Waals surface area contributed by atoms with Crippen LogP contribution in [0.4, 0.5) is 4.39 Å². The number of ether oxygens (including phenoxy) is 1. The van der Waals surface area contributed by atoms with E-state index < -0.39 is 5.82 Å². The van der Waals surface area contributed by atoms with Crippen LogP contribution in [0, 0.1) is 5.82 Å². The van der Waals surface area contributed by atoms with Gasteiger partial charge in [0.05, 0.1) is 11.2 Å². The molecule has 2 aromatic rings. The highest BCUT2D eigenvalue weighted by Crippen LogP contribution is 2.60. The summed E-state index contributed by atoms with van der Waals surface area (Å²) in [4.78, 5) is 29.3. The van der Waals surface area contributed by atoms with Gasteiger partial charge in [0.2, 0.25) is 0 Å². The van der Waals surface area contributed by atoms with E-state index in [1.165, 1.54) is 12.1 Å². The molecule has 2 amide bonds. The first-order valence-corrected chi connectivity index (χ1v) is 10.5. The zero-order valence-corrected chi connectivity index (χ0v) is 17.1. The Balaban J connectivity index is 1.11. The molecule has 0 spiro atoms. The molecule has 1 aromatic heterocycles. The minimum Gasteiger partial charge on any atom is -0.484 e. The number of hydrogen-bond acceptors (Lipinski definition) is 4. The van der Waals surface area contributed by atoms with Crippen molar-refractivity contribution in [1.29, 1.82) is 0 Å². The number of nitrogens with zero attached hydrogens (tertiary/aromatic N) is 2. The Labute approximate surface area is 177 Å². The van der Waals surface area contributed by atoms with E-state index in [-0.39, 0.29) is 40.3 Å². The van der Waals surface area contributed by atoms with Crippen molar-refractivity contribution < 1.29 is 18.7 Å². The first-order valence-electron chi connectivity index (χ1n) is 10.1. The number of halogens is 2. The zero-order valence-electron chi connectivity index (χ0n) is 16.3. The fraction of sp³-hybridized carbons (Fsp3) is 0.476. The van der Waals surface area contributed by atoms with E-state index in [1.54, 1.807) is 6.20 Å². The van der Waals surface area contributed by atoms with Gasteiger partial charge < -0.3 is 19.9 Å². The molecular weight excluding hydrogens is 411 g/mol. The third-order valence-corrected chi connectivity index (χ3v) is 6.58. The summed E-state index contributed by atoms with van der Waals surface area (Å²) in [6, 6.07) is 4.05. The van der Waals surface area contributed by atoms with Gasteiger partial charge in [-0.05, 0) is 44.2 Å². The molecule has 6 rings (SSSR count). The normalized spacial score (nSPS) is 26.1. The Morgan fingerprint density at radius 2 is 1.97 bits per heavy atom. The maximum Gasteiger partial charge on any atom is 0.269 e. The molecule has 3 fully saturated rings. The SMILES string of the molecule is O=C(COc1ccc(Cl)c(F)c1)NC12CC(NC(=O)c3cnc4n3CCCC4)(C1)C2. The third-order valence-electron chi connectivity index (χ3n) is 6.28. The molecule has 1 aromatic carbocycles. The summed E-state index contributed by atoms with van der Waals surface area (Å²) in [5.74, 6) is 0.273. The number of imidazole rings is 1.